The molecule has 1 aliphatic carbocycles. The minimum Gasteiger partial charge on any atom is -0.493 e. The number of rotatable bonds is 6. The first kappa shape index (κ1) is 20.6. The number of para-hydroxylation sites is 2. The van der Waals surface area contributed by atoms with Crippen LogP contribution in [0.15, 0.2) is 24.3 Å². The van der Waals surface area contributed by atoms with Gasteiger partial charge in [0.1, 0.15) is 6.10 Å². The Balaban J connectivity index is 0.00000288. The fraction of sp³-hybridized carbons (Fsp3) is 0.611. The van der Waals surface area contributed by atoms with E-state index in [9.17, 15) is 4.79 Å². The second-order valence-corrected chi connectivity index (χ2v) is 6.63. The van der Waals surface area contributed by atoms with E-state index < -0.39 is 5.54 Å². The quantitative estimate of drug-likeness (QED) is 0.821. The maximum absolute atomic E-state index is 12.4. The average molecular weight is 357 g/mol. The van der Waals surface area contributed by atoms with Crippen molar-refractivity contribution in [3.63, 3.8) is 0 Å². The molecule has 1 saturated carbocycles. The van der Waals surface area contributed by atoms with Gasteiger partial charge in [0.25, 0.3) is 0 Å². The number of nitrogens with two attached hydrogens (primary N) is 1. The van der Waals surface area contributed by atoms with Crippen molar-refractivity contribution in [2.24, 2.45) is 11.7 Å². The number of halogens is 1. The molecule has 24 heavy (non-hydrogen) atoms. The molecule has 0 heterocycles. The summed E-state index contributed by atoms with van der Waals surface area (Å²) >= 11 is 0. The molecule has 0 radical (unpaired) electrons. The van der Waals surface area contributed by atoms with Gasteiger partial charge in [0.05, 0.1) is 19.6 Å². The highest BCUT2D eigenvalue weighted by Gasteiger charge is 2.37. The Hall–Kier alpha value is -1.46. The minimum absolute atomic E-state index is 0. The predicted molar refractivity (Wildman–Crippen MR) is 97.9 cm³/mol. The van der Waals surface area contributed by atoms with Crippen molar-refractivity contribution >= 4 is 18.3 Å². The normalized spacial score (nSPS) is 24.4. The van der Waals surface area contributed by atoms with Gasteiger partial charge in [-0.2, -0.15) is 0 Å². The van der Waals surface area contributed by atoms with Crippen molar-refractivity contribution in [3.8, 4) is 11.5 Å². The van der Waals surface area contributed by atoms with Gasteiger partial charge in [0, 0.05) is 5.54 Å². The standard InChI is InChI=1S/C18H28N2O3.ClH/c1-13(23-16-10-5-4-9-15(16)22-3)12-20-17(21)14-8-6-7-11-18(14,2)19;/h4-5,9-10,13-14H,6-8,11-12,19H2,1-3H3,(H,20,21);1H. The van der Waals surface area contributed by atoms with E-state index in [1.54, 1.807) is 7.11 Å². The summed E-state index contributed by atoms with van der Waals surface area (Å²) in [6, 6.07) is 7.49. The molecule has 5 nitrogen and oxygen atoms in total. The molecule has 0 bridgehead atoms. The number of methoxy groups -OCH3 is 1. The van der Waals surface area contributed by atoms with Crippen LogP contribution in [-0.2, 0) is 4.79 Å². The lowest BCUT2D eigenvalue weighted by Gasteiger charge is -2.37. The molecule has 1 fully saturated rings. The molecule has 2 rings (SSSR count). The third-order valence-corrected chi connectivity index (χ3v) is 4.53. The van der Waals surface area contributed by atoms with Crippen molar-refractivity contribution < 1.29 is 14.3 Å². The Morgan fingerprint density at radius 3 is 2.67 bits per heavy atom. The number of amides is 1. The third kappa shape index (κ3) is 5.28. The molecule has 3 atom stereocenters. The molecule has 1 aromatic carbocycles. The Labute approximate surface area is 150 Å². The lowest BCUT2D eigenvalue weighted by molar-refractivity contribution is -0.128. The first-order chi connectivity index (χ1) is 10.9. The van der Waals surface area contributed by atoms with Gasteiger partial charge < -0.3 is 20.5 Å². The van der Waals surface area contributed by atoms with E-state index in [1.165, 1.54) is 0 Å². The summed E-state index contributed by atoms with van der Waals surface area (Å²) in [5.41, 5.74) is 5.87. The second-order valence-electron chi connectivity index (χ2n) is 6.63. The highest BCUT2D eigenvalue weighted by Crippen LogP contribution is 2.31. The van der Waals surface area contributed by atoms with Crippen LogP contribution in [0, 0.1) is 5.92 Å². The molecule has 0 spiro atoms. The molecule has 0 aliphatic heterocycles. The summed E-state index contributed by atoms with van der Waals surface area (Å²) in [6.07, 6.45) is 3.78. The fourth-order valence-corrected chi connectivity index (χ4v) is 3.13. The molecule has 3 N–H and O–H groups in total. The summed E-state index contributed by atoms with van der Waals surface area (Å²) in [6.45, 7) is 4.35. The zero-order chi connectivity index (χ0) is 16.9. The van der Waals surface area contributed by atoms with E-state index in [4.69, 9.17) is 15.2 Å². The van der Waals surface area contributed by atoms with Gasteiger partial charge in [-0.3, -0.25) is 4.79 Å². The van der Waals surface area contributed by atoms with Crippen LogP contribution in [0.25, 0.3) is 0 Å². The van der Waals surface area contributed by atoms with Crippen molar-refractivity contribution in [2.45, 2.75) is 51.2 Å². The van der Waals surface area contributed by atoms with Crippen LogP contribution in [0.4, 0.5) is 0 Å². The SMILES string of the molecule is COc1ccccc1OC(C)CNC(=O)C1CCCCC1(C)N.Cl. The number of carbonyl (C=O) groups excluding carboxylic acids is 1. The van der Waals surface area contributed by atoms with Gasteiger partial charge in [0.15, 0.2) is 11.5 Å². The van der Waals surface area contributed by atoms with Crippen molar-refractivity contribution in [1.82, 2.24) is 5.32 Å². The number of nitrogens with one attached hydrogen (secondary N) is 1. The largest absolute Gasteiger partial charge is 0.493 e. The first-order valence-corrected chi connectivity index (χ1v) is 8.30. The maximum Gasteiger partial charge on any atom is 0.225 e. The molecule has 136 valence electrons. The van der Waals surface area contributed by atoms with Crippen LogP contribution in [-0.4, -0.2) is 31.2 Å². The van der Waals surface area contributed by atoms with Gasteiger partial charge in [-0.1, -0.05) is 25.0 Å². The van der Waals surface area contributed by atoms with E-state index in [0.29, 0.717) is 18.0 Å². The Bertz CT molecular complexity index is 537. The highest BCUT2D eigenvalue weighted by molar-refractivity contribution is 5.85. The van der Waals surface area contributed by atoms with Crippen molar-refractivity contribution in [3.05, 3.63) is 24.3 Å². The number of hydrogen-bond donors (Lipinski definition) is 2. The molecule has 6 heteroatoms. The Kier molecular flexibility index (Phi) is 7.84. The van der Waals surface area contributed by atoms with Crippen LogP contribution < -0.4 is 20.5 Å². The molecular weight excluding hydrogens is 328 g/mol. The summed E-state index contributed by atoms with van der Waals surface area (Å²) in [4.78, 5) is 12.4. The molecule has 1 aromatic rings. The van der Waals surface area contributed by atoms with Crippen LogP contribution in [0.5, 0.6) is 11.5 Å². The lowest BCUT2D eigenvalue weighted by Crippen LogP contribution is -2.53. The topological polar surface area (TPSA) is 73.6 Å². The van der Waals surface area contributed by atoms with Crippen LogP contribution >= 0.6 is 12.4 Å². The molecule has 1 amide bonds. The third-order valence-electron chi connectivity index (χ3n) is 4.53. The zero-order valence-electron chi connectivity index (χ0n) is 14.7. The number of ether oxygens (including phenoxy) is 2. The number of carbonyl (C=O) groups is 1. The maximum atomic E-state index is 12.4. The monoisotopic (exact) mass is 356 g/mol. The summed E-state index contributed by atoms with van der Waals surface area (Å²) < 4.78 is 11.1. The number of hydrogen-bond acceptors (Lipinski definition) is 4. The zero-order valence-corrected chi connectivity index (χ0v) is 15.5. The molecule has 1 aliphatic rings. The van der Waals surface area contributed by atoms with Crippen molar-refractivity contribution in [2.75, 3.05) is 13.7 Å². The molecule has 0 aromatic heterocycles. The minimum atomic E-state index is -0.408. The smallest absolute Gasteiger partial charge is 0.225 e. The van der Waals surface area contributed by atoms with Crippen molar-refractivity contribution in [1.29, 1.82) is 0 Å². The Morgan fingerprint density at radius 2 is 2.04 bits per heavy atom. The van der Waals surface area contributed by atoms with E-state index in [0.717, 1.165) is 25.7 Å². The highest BCUT2D eigenvalue weighted by atomic mass is 35.5. The van der Waals surface area contributed by atoms with Crippen LogP contribution in [0.3, 0.4) is 0 Å². The van der Waals surface area contributed by atoms with Gasteiger partial charge in [-0.15, -0.1) is 12.4 Å². The Morgan fingerprint density at radius 1 is 1.38 bits per heavy atom. The molecular formula is C18H29ClN2O3. The predicted octanol–water partition coefficient (Wildman–Crippen LogP) is 2.91. The van der Waals surface area contributed by atoms with Gasteiger partial charge in [-0.05, 0) is 38.8 Å². The first-order valence-electron chi connectivity index (χ1n) is 8.30. The van der Waals surface area contributed by atoms with E-state index >= 15 is 0 Å². The fourth-order valence-electron chi connectivity index (χ4n) is 3.13. The summed E-state index contributed by atoms with van der Waals surface area (Å²) in [5.74, 6) is 1.28. The summed E-state index contributed by atoms with van der Waals surface area (Å²) in [5, 5.41) is 2.98. The molecule has 0 saturated heterocycles. The average Bonchev–Trinajstić information content (AvgIpc) is 2.52. The summed E-state index contributed by atoms with van der Waals surface area (Å²) in [7, 11) is 1.61. The van der Waals surface area contributed by atoms with Gasteiger partial charge in [0.2, 0.25) is 5.91 Å². The van der Waals surface area contributed by atoms with E-state index in [2.05, 4.69) is 5.32 Å². The number of benzene rings is 1. The van der Waals surface area contributed by atoms with Crippen LogP contribution in [0.1, 0.15) is 39.5 Å². The lowest BCUT2D eigenvalue weighted by atomic mass is 9.74. The van der Waals surface area contributed by atoms with Gasteiger partial charge in [-0.25, -0.2) is 0 Å². The van der Waals surface area contributed by atoms with Crippen LogP contribution in [0.2, 0.25) is 0 Å². The second kappa shape index (κ2) is 9.14. The van der Waals surface area contributed by atoms with E-state index in [-0.39, 0.29) is 30.3 Å². The molecule has 3 unspecified atom stereocenters. The van der Waals surface area contributed by atoms with Gasteiger partial charge >= 0.3 is 0 Å². The van der Waals surface area contributed by atoms with E-state index in [1.807, 2.05) is 38.1 Å².